The van der Waals surface area contributed by atoms with E-state index in [1.165, 1.54) is 18.5 Å². The minimum Gasteiger partial charge on any atom is -0.497 e. The first-order valence-electron chi connectivity index (χ1n) is 11.0. The van der Waals surface area contributed by atoms with Gasteiger partial charge in [0.05, 0.1) is 13.2 Å². The van der Waals surface area contributed by atoms with E-state index in [1.54, 1.807) is 13.2 Å². The maximum atomic E-state index is 12.8. The molecule has 0 aliphatic carbocycles. The molecule has 0 bridgehead atoms. The summed E-state index contributed by atoms with van der Waals surface area (Å²) in [5.74, 6) is 1.97. The van der Waals surface area contributed by atoms with Crippen LogP contribution >= 0.6 is 0 Å². The van der Waals surface area contributed by atoms with Gasteiger partial charge in [0.1, 0.15) is 11.5 Å². The van der Waals surface area contributed by atoms with Gasteiger partial charge in [0.25, 0.3) is 5.91 Å². The molecule has 0 unspecified atom stereocenters. The second-order valence-corrected chi connectivity index (χ2v) is 8.21. The molecule has 0 radical (unpaired) electrons. The van der Waals surface area contributed by atoms with E-state index in [0.29, 0.717) is 17.9 Å². The van der Waals surface area contributed by atoms with Gasteiger partial charge in [-0.25, -0.2) is 0 Å². The fourth-order valence-corrected chi connectivity index (χ4v) is 3.95. The first-order valence-corrected chi connectivity index (χ1v) is 11.0. The molecule has 2 aromatic rings. The van der Waals surface area contributed by atoms with E-state index in [-0.39, 0.29) is 11.9 Å². The van der Waals surface area contributed by atoms with Gasteiger partial charge in [-0.05, 0) is 61.9 Å². The zero-order valence-electron chi connectivity index (χ0n) is 18.6. The zero-order chi connectivity index (χ0) is 21.5. The lowest BCUT2D eigenvalue weighted by atomic mass is 9.99. The molecule has 1 N–H and O–H groups in total. The van der Waals surface area contributed by atoms with E-state index < -0.39 is 6.10 Å². The first kappa shape index (κ1) is 22.0. The van der Waals surface area contributed by atoms with Crippen molar-refractivity contribution in [3.8, 4) is 11.5 Å². The molecule has 3 atom stereocenters. The average molecular weight is 411 g/mol. The van der Waals surface area contributed by atoms with Crippen LogP contribution in [0.15, 0.2) is 48.5 Å². The molecule has 1 heterocycles. The zero-order valence-corrected chi connectivity index (χ0v) is 18.6. The minimum absolute atomic E-state index is 0.0882. The van der Waals surface area contributed by atoms with Crippen LogP contribution in [0.1, 0.15) is 51.6 Å². The Hall–Kier alpha value is -2.69. The van der Waals surface area contributed by atoms with Crippen molar-refractivity contribution in [2.45, 2.75) is 52.2 Å². The average Bonchev–Trinajstić information content (AvgIpc) is 2.77. The summed E-state index contributed by atoms with van der Waals surface area (Å²) in [6, 6.07) is 15.8. The van der Waals surface area contributed by atoms with Crippen LogP contribution in [0.25, 0.3) is 0 Å². The second-order valence-electron chi connectivity index (χ2n) is 8.21. The second kappa shape index (κ2) is 10.4. The van der Waals surface area contributed by atoms with Crippen LogP contribution in [-0.4, -0.2) is 32.2 Å². The van der Waals surface area contributed by atoms with Crippen molar-refractivity contribution in [1.29, 1.82) is 0 Å². The number of hydrogen-bond acceptors (Lipinski definition) is 4. The molecule has 162 valence electrons. The lowest BCUT2D eigenvalue weighted by Gasteiger charge is -2.33. The van der Waals surface area contributed by atoms with Crippen LogP contribution in [0.4, 0.5) is 5.69 Å². The number of carbonyl (C=O) groups is 1. The molecule has 5 heteroatoms. The molecule has 30 heavy (non-hydrogen) atoms. The summed E-state index contributed by atoms with van der Waals surface area (Å²) < 4.78 is 11.1. The number of rotatable bonds is 8. The van der Waals surface area contributed by atoms with E-state index in [1.807, 2.05) is 32.0 Å². The summed E-state index contributed by atoms with van der Waals surface area (Å²) in [5.41, 5.74) is 2.35. The minimum atomic E-state index is -0.548. The fourth-order valence-electron chi connectivity index (χ4n) is 3.95. The van der Waals surface area contributed by atoms with Crippen molar-refractivity contribution in [3.05, 3.63) is 54.1 Å². The molecule has 0 saturated carbocycles. The Balaban J connectivity index is 1.59. The van der Waals surface area contributed by atoms with Crippen molar-refractivity contribution in [1.82, 2.24) is 5.32 Å². The van der Waals surface area contributed by atoms with Crippen LogP contribution in [0.2, 0.25) is 0 Å². The van der Waals surface area contributed by atoms with Crippen molar-refractivity contribution < 1.29 is 14.3 Å². The summed E-state index contributed by atoms with van der Waals surface area (Å²) in [6.07, 6.45) is 2.60. The molecule has 1 aliphatic heterocycles. The Kier molecular flexibility index (Phi) is 7.61. The Morgan fingerprint density at radius 1 is 1.20 bits per heavy atom. The third kappa shape index (κ3) is 5.68. The van der Waals surface area contributed by atoms with E-state index in [4.69, 9.17) is 9.47 Å². The Morgan fingerprint density at radius 3 is 2.60 bits per heavy atom. The number of carbonyl (C=O) groups excluding carboxylic acids is 1. The molecule has 1 fully saturated rings. The third-order valence-corrected chi connectivity index (χ3v) is 5.76. The molecule has 0 aromatic heterocycles. The van der Waals surface area contributed by atoms with Gasteiger partial charge in [-0.15, -0.1) is 0 Å². The number of ether oxygens (including phenoxy) is 2. The first-order chi connectivity index (χ1) is 14.5. The lowest BCUT2D eigenvalue weighted by Crippen LogP contribution is -2.39. The Bertz CT molecular complexity index is 821. The number of amides is 1. The number of anilines is 1. The number of methoxy groups -OCH3 is 1. The van der Waals surface area contributed by atoms with Gasteiger partial charge in [0, 0.05) is 24.8 Å². The van der Waals surface area contributed by atoms with Gasteiger partial charge < -0.3 is 19.7 Å². The van der Waals surface area contributed by atoms with Crippen LogP contribution in [-0.2, 0) is 4.79 Å². The number of piperidine rings is 1. The highest BCUT2D eigenvalue weighted by molar-refractivity contribution is 5.81. The largest absolute Gasteiger partial charge is 0.497 e. The molecule has 3 rings (SSSR count). The van der Waals surface area contributed by atoms with Gasteiger partial charge in [0.2, 0.25) is 0 Å². The highest BCUT2D eigenvalue weighted by Gasteiger charge is 2.21. The normalized spacial score (nSPS) is 18.4. The van der Waals surface area contributed by atoms with Gasteiger partial charge in [0.15, 0.2) is 6.10 Å². The number of nitrogens with zero attached hydrogens (tertiary/aromatic N) is 1. The summed E-state index contributed by atoms with van der Waals surface area (Å²) in [4.78, 5) is 15.2. The van der Waals surface area contributed by atoms with E-state index >= 15 is 0 Å². The Labute approximate surface area is 180 Å². The van der Waals surface area contributed by atoms with Crippen LogP contribution in [0.5, 0.6) is 11.5 Å². The maximum Gasteiger partial charge on any atom is 0.261 e. The highest BCUT2D eigenvalue weighted by atomic mass is 16.5. The van der Waals surface area contributed by atoms with Gasteiger partial charge in [-0.1, -0.05) is 32.0 Å². The van der Waals surface area contributed by atoms with E-state index in [0.717, 1.165) is 24.6 Å². The fraction of sp³-hybridized carbons (Fsp3) is 0.480. The predicted molar refractivity (Wildman–Crippen MR) is 121 cm³/mol. The number of nitrogens with one attached hydrogen (secondary N) is 1. The summed E-state index contributed by atoms with van der Waals surface area (Å²) in [6.45, 7) is 8.51. The lowest BCUT2D eigenvalue weighted by molar-refractivity contribution is -0.128. The van der Waals surface area contributed by atoms with Gasteiger partial charge >= 0.3 is 0 Å². The summed E-state index contributed by atoms with van der Waals surface area (Å²) >= 11 is 0. The van der Waals surface area contributed by atoms with Crippen molar-refractivity contribution in [3.63, 3.8) is 0 Å². The van der Waals surface area contributed by atoms with E-state index in [9.17, 15) is 4.79 Å². The summed E-state index contributed by atoms with van der Waals surface area (Å²) in [7, 11) is 1.61. The Morgan fingerprint density at radius 2 is 1.93 bits per heavy atom. The molecule has 5 nitrogen and oxygen atoms in total. The summed E-state index contributed by atoms with van der Waals surface area (Å²) in [5, 5.41) is 3.09. The maximum absolute atomic E-state index is 12.8. The third-order valence-electron chi connectivity index (χ3n) is 5.76. The predicted octanol–water partition coefficient (Wildman–Crippen LogP) is 4.97. The van der Waals surface area contributed by atoms with Crippen LogP contribution in [0, 0.1) is 5.92 Å². The van der Waals surface area contributed by atoms with E-state index in [2.05, 4.69) is 41.4 Å². The van der Waals surface area contributed by atoms with Crippen LogP contribution < -0.4 is 19.7 Å². The van der Waals surface area contributed by atoms with Crippen molar-refractivity contribution in [2.24, 2.45) is 5.92 Å². The van der Waals surface area contributed by atoms with Crippen molar-refractivity contribution >= 4 is 11.6 Å². The molecule has 1 amide bonds. The molecular formula is C25H34N2O3. The highest BCUT2D eigenvalue weighted by Crippen LogP contribution is 2.25. The molecule has 0 spiro atoms. The number of benzene rings is 2. The standard InChI is InChI=1S/C25H34N2O3/c1-5-24(30-23-10-6-9-22(16-23)29-4)25(28)26-19(3)20-11-13-21(14-12-20)27-15-7-8-18(2)17-27/h6,9-14,16,18-19,24H,5,7-8,15,17H2,1-4H3,(H,26,28)/t18-,19-,24-/m0/s1. The smallest absolute Gasteiger partial charge is 0.261 e. The quantitative estimate of drug-likeness (QED) is 0.668. The molecule has 2 aromatic carbocycles. The monoisotopic (exact) mass is 410 g/mol. The molecule has 1 saturated heterocycles. The SMILES string of the molecule is CC[C@H](Oc1cccc(OC)c1)C(=O)N[C@@H](C)c1ccc(N2CCC[C@H](C)C2)cc1. The van der Waals surface area contributed by atoms with Gasteiger partial charge in [-0.3, -0.25) is 4.79 Å². The molecular weight excluding hydrogens is 376 g/mol. The molecule has 1 aliphatic rings. The van der Waals surface area contributed by atoms with Crippen LogP contribution in [0.3, 0.4) is 0 Å². The van der Waals surface area contributed by atoms with Crippen molar-refractivity contribution in [2.75, 3.05) is 25.1 Å². The number of hydrogen-bond donors (Lipinski definition) is 1. The topological polar surface area (TPSA) is 50.8 Å². The van der Waals surface area contributed by atoms with Gasteiger partial charge in [-0.2, -0.15) is 0 Å².